The molecule has 0 aromatic carbocycles. The van der Waals surface area contributed by atoms with Crippen molar-refractivity contribution in [3.05, 3.63) is 0 Å². The Labute approximate surface area is 94.4 Å². The van der Waals surface area contributed by atoms with Crippen molar-refractivity contribution in [3.8, 4) is 0 Å². The van der Waals surface area contributed by atoms with Crippen molar-refractivity contribution in [2.24, 2.45) is 0 Å². The van der Waals surface area contributed by atoms with Crippen molar-refractivity contribution in [2.45, 2.75) is 78.2 Å². The maximum atomic E-state index is 11.4. The summed E-state index contributed by atoms with van der Waals surface area (Å²) in [6, 6.07) is 0. The number of hydrogen-bond donors (Lipinski definition) is 0. The minimum atomic E-state index is -0.00796. The molecule has 0 fully saturated rings. The summed E-state index contributed by atoms with van der Waals surface area (Å²) in [5.74, 6) is -0.00796. The monoisotopic (exact) mass is 214 g/mol. The van der Waals surface area contributed by atoms with Crippen LogP contribution in [0.5, 0.6) is 0 Å². The van der Waals surface area contributed by atoms with Gasteiger partial charge in [-0.3, -0.25) is 4.79 Å². The van der Waals surface area contributed by atoms with Gasteiger partial charge in [-0.1, -0.05) is 46.5 Å². The van der Waals surface area contributed by atoms with E-state index in [1.807, 2.05) is 0 Å². The summed E-state index contributed by atoms with van der Waals surface area (Å²) < 4.78 is 5.46. The summed E-state index contributed by atoms with van der Waals surface area (Å²) in [5.41, 5.74) is 0. The first kappa shape index (κ1) is 14.5. The van der Waals surface area contributed by atoms with Crippen LogP contribution >= 0.6 is 0 Å². The van der Waals surface area contributed by atoms with E-state index in [2.05, 4.69) is 20.8 Å². The molecule has 0 rings (SSSR count). The van der Waals surface area contributed by atoms with Crippen molar-refractivity contribution in [3.63, 3.8) is 0 Å². The Balaban J connectivity index is 3.76. The summed E-state index contributed by atoms with van der Waals surface area (Å²) in [5, 5.41) is 0. The third kappa shape index (κ3) is 8.46. The van der Waals surface area contributed by atoms with Gasteiger partial charge in [-0.15, -0.1) is 0 Å². The number of carbonyl (C=O) groups excluding carboxylic acids is 1. The molecule has 1 unspecified atom stereocenters. The molecular weight excluding hydrogens is 188 g/mol. The van der Waals surface area contributed by atoms with Crippen molar-refractivity contribution in [1.82, 2.24) is 0 Å². The molecule has 0 spiro atoms. The predicted octanol–water partition coefficient (Wildman–Crippen LogP) is 4.08. The maximum absolute atomic E-state index is 11.4. The van der Waals surface area contributed by atoms with Gasteiger partial charge in [-0.05, 0) is 19.3 Å². The lowest BCUT2D eigenvalue weighted by molar-refractivity contribution is -0.149. The lowest BCUT2D eigenvalue weighted by Gasteiger charge is -2.16. The first-order valence-electron chi connectivity index (χ1n) is 6.44. The molecule has 90 valence electrons. The molecule has 0 bridgehead atoms. The largest absolute Gasteiger partial charge is 0.462 e. The van der Waals surface area contributed by atoms with Gasteiger partial charge in [0.15, 0.2) is 0 Å². The summed E-state index contributed by atoms with van der Waals surface area (Å²) >= 11 is 0. The van der Waals surface area contributed by atoms with E-state index >= 15 is 0 Å². The van der Waals surface area contributed by atoms with Crippen LogP contribution in [0.15, 0.2) is 0 Å². The normalized spacial score (nSPS) is 12.5. The molecule has 0 radical (unpaired) electrons. The van der Waals surface area contributed by atoms with Gasteiger partial charge in [-0.2, -0.15) is 0 Å². The summed E-state index contributed by atoms with van der Waals surface area (Å²) in [6.07, 6.45) is 8.23. The molecule has 0 amide bonds. The first-order chi connectivity index (χ1) is 7.24. The topological polar surface area (TPSA) is 26.3 Å². The Morgan fingerprint density at radius 3 is 2.20 bits per heavy atom. The van der Waals surface area contributed by atoms with Gasteiger partial charge < -0.3 is 4.74 Å². The Bertz CT molecular complexity index is 155. The second kappa shape index (κ2) is 10.0. The number of hydrogen-bond acceptors (Lipinski definition) is 2. The van der Waals surface area contributed by atoms with Crippen LogP contribution < -0.4 is 0 Å². The van der Waals surface area contributed by atoms with Gasteiger partial charge in [0.05, 0.1) is 0 Å². The number of esters is 1. The number of carbonyl (C=O) groups is 1. The molecular formula is C13H26O2. The number of rotatable bonds is 9. The van der Waals surface area contributed by atoms with Crippen LogP contribution in [0.2, 0.25) is 0 Å². The van der Waals surface area contributed by atoms with Crippen LogP contribution in [-0.4, -0.2) is 12.1 Å². The number of ether oxygens (including phenoxy) is 1. The fraction of sp³-hybridized carbons (Fsp3) is 0.923. The van der Waals surface area contributed by atoms with E-state index in [-0.39, 0.29) is 12.1 Å². The molecule has 2 heteroatoms. The van der Waals surface area contributed by atoms with E-state index < -0.39 is 0 Å². The van der Waals surface area contributed by atoms with Gasteiger partial charge in [0.25, 0.3) is 0 Å². The molecule has 0 aliphatic rings. The third-order valence-electron chi connectivity index (χ3n) is 2.52. The van der Waals surface area contributed by atoms with Crippen molar-refractivity contribution < 1.29 is 9.53 Å². The van der Waals surface area contributed by atoms with Gasteiger partial charge in [0.1, 0.15) is 6.10 Å². The highest BCUT2D eigenvalue weighted by Crippen LogP contribution is 2.12. The van der Waals surface area contributed by atoms with Gasteiger partial charge >= 0.3 is 5.97 Å². The fourth-order valence-electron chi connectivity index (χ4n) is 1.58. The molecule has 1 atom stereocenters. The van der Waals surface area contributed by atoms with E-state index in [0.717, 1.165) is 38.5 Å². The van der Waals surface area contributed by atoms with Crippen molar-refractivity contribution in [1.29, 1.82) is 0 Å². The Hall–Kier alpha value is -0.530. The molecule has 0 saturated carbocycles. The SMILES string of the molecule is CCCCC(=O)OC(CCC)CCCC. The maximum Gasteiger partial charge on any atom is 0.306 e. The quantitative estimate of drug-likeness (QED) is 0.541. The van der Waals surface area contributed by atoms with Gasteiger partial charge in [0, 0.05) is 6.42 Å². The van der Waals surface area contributed by atoms with Crippen LogP contribution in [0.25, 0.3) is 0 Å². The van der Waals surface area contributed by atoms with E-state index in [1.54, 1.807) is 0 Å². The fourth-order valence-corrected chi connectivity index (χ4v) is 1.58. The van der Waals surface area contributed by atoms with Gasteiger partial charge in [0.2, 0.25) is 0 Å². The summed E-state index contributed by atoms with van der Waals surface area (Å²) in [6.45, 7) is 6.40. The highest BCUT2D eigenvalue weighted by atomic mass is 16.5. The minimum Gasteiger partial charge on any atom is -0.462 e. The van der Waals surface area contributed by atoms with E-state index in [1.165, 1.54) is 6.42 Å². The van der Waals surface area contributed by atoms with E-state index in [4.69, 9.17) is 4.74 Å². The van der Waals surface area contributed by atoms with Crippen molar-refractivity contribution >= 4 is 5.97 Å². The zero-order chi connectivity index (χ0) is 11.5. The van der Waals surface area contributed by atoms with Crippen LogP contribution in [0.1, 0.15) is 72.1 Å². The minimum absolute atomic E-state index is 0.00796. The lowest BCUT2D eigenvalue weighted by atomic mass is 10.1. The molecule has 0 N–H and O–H groups in total. The van der Waals surface area contributed by atoms with Crippen LogP contribution in [-0.2, 0) is 9.53 Å². The van der Waals surface area contributed by atoms with Gasteiger partial charge in [-0.25, -0.2) is 0 Å². The summed E-state index contributed by atoms with van der Waals surface area (Å²) in [4.78, 5) is 11.4. The van der Waals surface area contributed by atoms with Crippen LogP contribution in [0.4, 0.5) is 0 Å². The standard InChI is InChI=1S/C13H26O2/c1-4-7-10-12(9-6-3)15-13(14)11-8-5-2/h12H,4-11H2,1-3H3. The van der Waals surface area contributed by atoms with Crippen LogP contribution in [0, 0.1) is 0 Å². The lowest BCUT2D eigenvalue weighted by Crippen LogP contribution is -2.17. The second-order valence-electron chi connectivity index (χ2n) is 4.15. The molecule has 0 aliphatic carbocycles. The summed E-state index contributed by atoms with van der Waals surface area (Å²) in [7, 11) is 0. The second-order valence-corrected chi connectivity index (χ2v) is 4.15. The molecule has 0 heterocycles. The zero-order valence-corrected chi connectivity index (χ0v) is 10.6. The predicted molar refractivity (Wildman–Crippen MR) is 63.8 cm³/mol. The molecule has 15 heavy (non-hydrogen) atoms. The molecule has 0 aliphatic heterocycles. The van der Waals surface area contributed by atoms with E-state index in [9.17, 15) is 4.79 Å². The smallest absolute Gasteiger partial charge is 0.306 e. The average molecular weight is 214 g/mol. The number of unbranched alkanes of at least 4 members (excludes halogenated alkanes) is 2. The Morgan fingerprint density at radius 1 is 1.00 bits per heavy atom. The zero-order valence-electron chi connectivity index (χ0n) is 10.6. The Kier molecular flexibility index (Phi) is 9.65. The third-order valence-corrected chi connectivity index (χ3v) is 2.52. The van der Waals surface area contributed by atoms with Crippen molar-refractivity contribution in [2.75, 3.05) is 0 Å². The average Bonchev–Trinajstić information content (AvgIpc) is 2.23. The molecule has 0 aromatic rings. The molecule has 0 saturated heterocycles. The molecule has 0 aromatic heterocycles. The van der Waals surface area contributed by atoms with E-state index in [0.29, 0.717) is 6.42 Å². The molecule has 2 nitrogen and oxygen atoms in total. The highest BCUT2D eigenvalue weighted by molar-refractivity contribution is 5.69. The highest BCUT2D eigenvalue weighted by Gasteiger charge is 2.12. The van der Waals surface area contributed by atoms with Crippen LogP contribution in [0.3, 0.4) is 0 Å². The Morgan fingerprint density at radius 2 is 1.67 bits per heavy atom. The first-order valence-corrected chi connectivity index (χ1v) is 6.44.